The standard InChI is InChI=1S/C14H22N2O2/c1-3-17-13-9-11(5-6-12(13)15)16-10-14(2)7-4-8-18-14/h5-6,9,16H,3-4,7-8,10,15H2,1-2H3. The summed E-state index contributed by atoms with van der Waals surface area (Å²) in [6.45, 7) is 6.39. The molecule has 2 rings (SSSR count). The van der Waals surface area contributed by atoms with Crippen molar-refractivity contribution in [2.24, 2.45) is 0 Å². The summed E-state index contributed by atoms with van der Waals surface area (Å²) in [6.07, 6.45) is 2.25. The van der Waals surface area contributed by atoms with Crippen molar-refractivity contribution in [3.8, 4) is 5.75 Å². The molecular weight excluding hydrogens is 228 g/mol. The fraction of sp³-hybridized carbons (Fsp3) is 0.571. The molecule has 0 radical (unpaired) electrons. The van der Waals surface area contributed by atoms with Crippen LogP contribution < -0.4 is 15.8 Å². The van der Waals surface area contributed by atoms with Gasteiger partial charge in [0.1, 0.15) is 5.75 Å². The van der Waals surface area contributed by atoms with E-state index in [0.717, 1.165) is 37.4 Å². The summed E-state index contributed by atoms with van der Waals surface area (Å²) in [6, 6.07) is 5.78. The lowest BCUT2D eigenvalue weighted by atomic mass is 10.0. The van der Waals surface area contributed by atoms with Gasteiger partial charge in [-0.25, -0.2) is 0 Å². The van der Waals surface area contributed by atoms with E-state index in [2.05, 4.69) is 12.2 Å². The molecule has 0 saturated carbocycles. The summed E-state index contributed by atoms with van der Waals surface area (Å²) in [5.74, 6) is 0.736. The predicted octanol–water partition coefficient (Wildman–Crippen LogP) is 2.65. The number of hydrogen-bond donors (Lipinski definition) is 2. The molecule has 1 aromatic carbocycles. The Bertz CT molecular complexity index is 401. The van der Waals surface area contributed by atoms with Crippen LogP contribution >= 0.6 is 0 Å². The van der Waals surface area contributed by atoms with E-state index in [9.17, 15) is 0 Å². The Balaban J connectivity index is 1.98. The molecule has 4 nitrogen and oxygen atoms in total. The van der Waals surface area contributed by atoms with Crippen molar-refractivity contribution in [1.29, 1.82) is 0 Å². The van der Waals surface area contributed by atoms with Crippen LogP contribution in [0.2, 0.25) is 0 Å². The molecule has 0 aliphatic carbocycles. The highest BCUT2D eigenvalue weighted by Gasteiger charge is 2.29. The molecule has 1 fully saturated rings. The van der Waals surface area contributed by atoms with Crippen LogP contribution in [0.5, 0.6) is 5.75 Å². The van der Waals surface area contributed by atoms with Gasteiger partial charge >= 0.3 is 0 Å². The number of ether oxygens (including phenoxy) is 2. The first-order valence-corrected chi connectivity index (χ1v) is 6.53. The zero-order valence-electron chi connectivity index (χ0n) is 11.2. The number of nitrogens with two attached hydrogens (primary N) is 1. The highest BCUT2D eigenvalue weighted by atomic mass is 16.5. The van der Waals surface area contributed by atoms with Crippen molar-refractivity contribution in [3.63, 3.8) is 0 Å². The van der Waals surface area contributed by atoms with E-state index in [-0.39, 0.29) is 5.60 Å². The Morgan fingerprint density at radius 1 is 1.50 bits per heavy atom. The second kappa shape index (κ2) is 5.48. The van der Waals surface area contributed by atoms with Crippen molar-refractivity contribution in [2.75, 3.05) is 30.8 Å². The van der Waals surface area contributed by atoms with Crippen molar-refractivity contribution in [2.45, 2.75) is 32.3 Å². The third-order valence-corrected chi connectivity index (χ3v) is 3.28. The maximum atomic E-state index is 5.84. The van der Waals surface area contributed by atoms with Crippen LogP contribution in [0.4, 0.5) is 11.4 Å². The normalized spacial score (nSPS) is 23.0. The molecule has 1 aliphatic heterocycles. The third kappa shape index (κ3) is 3.07. The molecule has 1 heterocycles. The van der Waals surface area contributed by atoms with Crippen LogP contribution in [0, 0.1) is 0 Å². The zero-order chi connectivity index (χ0) is 13.0. The summed E-state index contributed by atoms with van der Waals surface area (Å²) in [5.41, 5.74) is 7.48. The van der Waals surface area contributed by atoms with E-state index in [4.69, 9.17) is 15.2 Å². The lowest BCUT2D eigenvalue weighted by Crippen LogP contribution is -2.32. The van der Waals surface area contributed by atoms with Gasteiger partial charge in [0, 0.05) is 24.9 Å². The molecule has 0 aromatic heterocycles. The van der Waals surface area contributed by atoms with Crippen LogP contribution in [-0.4, -0.2) is 25.4 Å². The first-order valence-electron chi connectivity index (χ1n) is 6.53. The molecule has 0 spiro atoms. The maximum absolute atomic E-state index is 5.84. The second-order valence-electron chi connectivity index (χ2n) is 4.94. The van der Waals surface area contributed by atoms with E-state index in [1.807, 2.05) is 25.1 Å². The number of nitrogen functional groups attached to an aromatic ring is 1. The first kappa shape index (κ1) is 13.0. The van der Waals surface area contributed by atoms with E-state index in [0.29, 0.717) is 12.3 Å². The molecule has 1 saturated heterocycles. The summed E-state index contributed by atoms with van der Waals surface area (Å²) < 4.78 is 11.2. The Kier molecular flexibility index (Phi) is 3.97. The summed E-state index contributed by atoms with van der Waals surface area (Å²) in [5, 5.41) is 3.39. The highest BCUT2D eigenvalue weighted by molar-refractivity contribution is 5.61. The lowest BCUT2D eigenvalue weighted by molar-refractivity contribution is 0.0315. The molecular formula is C14H22N2O2. The number of benzene rings is 1. The SMILES string of the molecule is CCOc1cc(NCC2(C)CCCO2)ccc1N. The van der Waals surface area contributed by atoms with Crippen molar-refractivity contribution in [3.05, 3.63) is 18.2 Å². The predicted molar refractivity (Wildman–Crippen MR) is 74.1 cm³/mol. The van der Waals surface area contributed by atoms with Gasteiger partial charge in [0.15, 0.2) is 0 Å². The van der Waals surface area contributed by atoms with Crippen LogP contribution in [0.25, 0.3) is 0 Å². The molecule has 100 valence electrons. The van der Waals surface area contributed by atoms with Gasteiger partial charge in [0.05, 0.1) is 17.9 Å². The van der Waals surface area contributed by atoms with Gasteiger partial charge in [0.25, 0.3) is 0 Å². The maximum Gasteiger partial charge on any atom is 0.144 e. The van der Waals surface area contributed by atoms with E-state index >= 15 is 0 Å². The monoisotopic (exact) mass is 250 g/mol. The minimum absolute atomic E-state index is 0.0484. The quantitative estimate of drug-likeness (QED) is 0.789. The number of hydrogen-bond acceptors (Lipinski definition) is 4. The number of rotatable bonds is 5. The van der Waals surface area contributed by atoms with Crippen LogP contribution in [0.15, 0.2) is 18.2 Å². The molecule has 0 amide bonds. The Labute approximate surface area is 108 Å². The second-order valence-corrected chi connectivity index (χ2v) is 4.94. The first-order chi connectivity index (χ1) is 8.63. The molecule has 1 atom stereocenters. The highest BCUT2D eigenvalue weighted by Crippen LogP contribution is 2.28. The van der Waals surface area contributed by atoms with E-state index in [1.54, 1.807) is 0 Å². The molecule has 4 heteroatoms. The Morgan fingerprint density at radius 2 is 2.33 bits per heavy atom. The van der Waals surface area contributed by atoms with Crippen molar-refractivity contribution >= 4 is 11.4 Å². The molecule has 18 heavy (non-hydrogen) atoms. The van der Waals surface area contributed by atoms with Gasteiger partial charge in [0.2, 0.25) is 0 Å². The van der Waals surface area contributed by atoms with Gasteiger partial charge in [-0.2, -0.15) is 0 Å². The fourth-order valence-corrected chi connectivity index (χ4v) is 2.19. The largest absolute Gasteiger partial charge is 0.492 e. The van der Waals surface area contributed by atoms with Gasteiger partial charge in [-0.3, -0.25) is 0 Å². The van der Waals surface area contributed by atoms with Crippen molar-refractivity contribution < 1.29 is 9.47 Å². The van der Waals surface area contributed by atoms with Gasteiger partial charge in [-0.05, 0) is 38.8 Å². The fourth-order valence-electron chi connectivity index (χ4n) is 2.19. The Morgan fingerprint density at radius 3 is 3.00 bits per heavy atom. The van der Waals surface area contributed by atoms with E-state index < -0.39 is 0 Å². The van der Waals surface area contributed by atoms with Crippen LogP contribution in [-0.2, 0) is 4.74 Å². The van der Waals surface area contributed by atoms with Crippen LogP contribution in [0.1, 0.15) is 26.7 Å². The number of anilines is 2. The molecule has 3 N–H and O–H groups in total. The topological polar surface area (TPSA) is 56.5 Å². The minimum atomic E-state index is -0.0484. The summed E-state index contributed by atoms with van der Waals surface area (Å²) in [7, 11) is 0. The molecule has 1 aliphatic rings. The van der Waals surface area contributed by atoms with E-state index in [1.165, 1.54) is 0 Å². The van der Waals surface area contributed by atoms with Crippen LogP contribution in [0.3, 0.4) is 0 Å². The van der Waals surface area contributed by atoms with Crippen molar-refractivity contribution in [1.82, 2.24) is 0 Å². The molecule has 0 bridgehead atoms. The van der Waals surface area contributed by atoms with Gasteiger partial charge in [-0.1, -0.05) is 0 Å². The molecule has 1 unspecified atom stereocenters. The Hall–Kier alpha value is -1.42. The van der Waals surface area contributed by atoms with Gasteiger partial charge < -0.3 is 20.5 Å². The number of nitrogens with one attached hydrogen (secondary N) is 1. The zero-order valence-corrected chi connectivity index (χ0v) is 11.2. The lowest BCUT2D eigenvalue weighted by Gasteiger charge is -2.24. The minimum Gasteiger partial charge on any atom is -0.492 e. The third-order valence-electron chi connectivity index (χ3n) is 3.28. The molecule has 1 aromatic rings. The van der Waals surface area contributed by atoms with Gasteiger partial charge in [-0.15, -0.1) is 0 Å². The summed E-state index contributed by atoms with van der Waals surface area (Å²) >= 11 is 0. The summed E-state index contributed by atoms with van der Waals surface area (Å²) in [4.78, 5) is 0. The average Bonchev–Trinajstić information content (AvgIpc) is 2.78. The average molecular weight is 250 g/mol. The smallest absolute Gasteiger partial charge is 0.144 e.